The van der Waals surface area contributed by atoms with Crippen molar-refractivity contribution in [3.05, 3.63) is 34.9 Å². The molecule has 0 aliphatic carbocycles. The molecule has 0 fully saturated rings. The largest absolute Gasteiger partial charge is 0.329 e. The van der Waals surface area contributed by atoms with Crippen LogP contribution in [-0.4, -0.2) is 24.0 Å². The fourth-order valence-corrected chi connectivity index (χ4v) is 2.81. The smallest absolute Gasteiger partial charge is 0.0453 e. The fourth-order valence-electron chi connectivity index (χ4n) is 2.51. The van der Waals surface area contributed by atoms with Crippen LogP contribution in [0, 0.1) is 5.92 Å². The number of rotatable bonds is 7. The Morgan fingerprint density at radius 3 is 2.35 bits per heavy atom. The lowest BCUT2D eigenvalue weighted by Gasteiger charge is -2.42. The van der Waals surface area contributed by atoms with Gasteiger partial charge in [0.1, 0.15) is 0 Å². The molecule has 0 radical (unpaired) electrons. The normalized spacial score (nSPS) is 16.4. The maximum Gasteiger partial charge on any atom is 0.0453 e. The monoisotopic (exact) mass is 296 g/mol. The van der Waals surface area contributed by atoms with Crippen LogP contribution in [0.25, 0.3) is 0 Å². The first-order valence-corrected chi connectivity index (χ1v) is 7.87. The van der Waals surface area contributed by atoms with Crippen LogP contribution in [0.15, 0.2) is 24.3 Å². The van der Waals surface area contributed by atoms with E-state index in [-0.39, 0.29) is 11.6 Å². The van der Waals surface area contributed by atoms with Crippen LogP contribution in [0.2, 0.25) is 5.02 Å². The van der Waals surface area contributed by atoms with Crippen LogP contribution >= 0.6 is 11.6 Å². The first kappa shape index (κ1) is 17.5. The lowest BCUT2D eigenvalue weighted by Crippen LogP contribution is -2.50. The number of nitrogens with zero attached hydrogens (tertiary/aromatic N) is 1. The summed E-state index contributed by atoms with van der Waals surface area (Å²) < 4.78 is 0. The van der Waals surface area contributed by atoms with E-state index in [1.807, 2.05) is 18.2 Å². The number of halogens is 1. The van der Waals surface area contributed by atoms with E-state index < -0.39 is 0 Å². The summed E-state index contributed by atoms with van der Waals surface area (Å²) in [6, 6.07) is 8.32. The zero-order valence-corrected chi connectivity index (χ0v) is 14.2. The topological polar surface area (TPSA) is 29.3 Å². The van der Waals surface area contributed by atoms with Gasteiger partial charge in [-0.2, -0.15) is 0 Å². The van der Waals surface area contributed by atoms with E-state index >= 15 is 0 Å². The van der Waals surface area contributed by atoms with Crippen molar-refractivity contribution in [1.82, 2.24) is 4.90 Å². The molecule has 1 rings (SSSR count). The van der Waals surface area contributed by atoms with E-state index in [0.717, 1.165) is 11.4 Å². The van der Waals surface area contributed by atoms with E-state index in [4.69, 9.17) is 17.3 Å². The molecule has 2 unspecified atom stereocenters. The predicted molar refractivity (Wildman–Crippen MR) is 89.2 cm³/mol. The molecule has 2 atom stereocenters. The van der Waals surface area contributed by atoms with Gasteiger partial charge < -0.3 is 5.73 Å². The van der Waals surface area contributed by atoms with Crippen molar-refractivity contribution < 1.29 is 0 Å². The summed E-state index contributed by atoms with van der Waals surface area (Å²) in [6.07, 6.45) is 2.29. The van der Waals surface area contributed by atoms with Gasteiger partial charge >= 0.3 is 0 Å². The Hall–Kier alpha value is -0.570. The molecule has 2 N–H and O–H groups in total. The highest BCUT2D eigenvalue weighted by Gasteiger charge is 2.31. The molecule has 0 saturated carbocycles. The van der Waals surface area contributed by atoms with E-state index in [2.05, 4.69) is 45.7 Å². The summed E-state index contributed by atoms with van der Waals surface area (Å²) in [5.41, 5.74) is 7.24. The molecule has 0 amide bonds. The molecule has 0 spiro atoms. The summed E-state index contributed by atoms with van der Waals surface area (Å²) in [6.45, 7) is 9.63. The second-order valence-corrected chi connectivity index (χ2v) is 6.85. The number of nitrogens with two attached hydrogens (primary N) is 1. The van der Waals surface area contributed by atoms with Crippen LogP contribution in [0.4, 0.5) is 0 Å². The molecule has 114 valence electrons. The van der Waals surface area contributed by atoms with E-state index in [0.29, 0.717) is 12.5 Å². The van der Waals surface area contributed by atoms with Gasteiger partial charge in [0.2, 0.25) is 0 Å². The summed E-state index contributed by atoms with van der Waals surface area (Å²) in [5.74, 6) is 0.699. The highest BCUT2D eigenvalue weighted by molar-refractivity contribution is 6.31. The Labute approximate surface area is 129 Å². The number of hydrogen-bond acceptors (Lipinski definition) is 2. The van der Waals surface area contributed by atoms with Crippen molar-refractivity contribution in [3.63, 3.8) is 0 Å². The van der Waals surface area contributed by atoms with Gasteiger partial charge in [0.25, 0.3) is 0 Å². The zero-order chi connectivity index (χ0) is 15.3. The Balaban J connectivity index is 2.90. The molecular weight excluding hydrogens is 268 g/mol. The number of benzene rings is 1. The molecule has 0 bridgehead atoms. The van der Waals surface area contributed by atoms with Crippen molar-refractivity contribution in [2.75, 3.05) is 13.6 Å². The van der Waals surface area contributed by atoms with E-state index in [9.17, 15) is 0 Å². The highest BCUT2D eigenvalue weighted by atomic mass is 35.5. The molecule has 0 heterocycles. The van der Waals surface area contributed by atoms with E-state index in [1.165, 1.54) is 12.0 Å². The average molecular weight is 297 g/mol. The standard InChI is InChI=1S/C17H29ClN2/c1-13(2)10-11-17(4,12-19)20(5)14(3)15-8-6-7-9-16(15)18/h6-9,13-14H,10-12,19H2,1-5H3. The van der Waals surface area contributed by atoms with Crippen LogP contribution in [0.3, 0.4) is 0 Å². The minimum absolute atomic E-state index is 0.00283. The van der Waals surface area contributed by atoms with Gasteiger partial charge in [0, 0.05) is 23.1 Å². The van der Waals surface area contributed by atoms with Gasteiger partial charge in [0.05, 0.1) is 0 Å². The lowest BCUT2D eigenvalue weighted by atomic mass is 9.88. The molecule has 20 heavy (non-hydrogen) atoms. The molecule has 0 saturated heterocycles. The molecule has 0 aliphatic rings. The second kappa shape index (κ2) is 7.44. The Morgan fingerprint density at radius 2 is 1.85 bits per heavy atom. The highest BCUT2D eigenvalue weighted by Crippen LogP contribution is 2.33. The van der Waals surface area contributed by atoms with Gasteiger partial charge in [-0.1, -0.05) is 43.6 Å². The molecule has 3 heteroatoms. The molecule has 2 nitrogen and oxygen atoms in total. The van der Waals surface area contributed by atoms with Gasteiger partial charge in [-0.3, -0.25) is 4.90 Å². The maximum atomic E-state index is 6.33. The van der Waals surface area contributed by atoms with Gasteiger partial charge in [0.15, 0.2) is 0 Å². The first-order chi connectivity index (χ1) is 9.31. The number of hydrogen-bond donors (Lipinski definition) is 1. The van der Waals surface area contributed by atoms with Crippen molar-refractivity contribution in [2.45, 2.75) is 52.1 Å². The second-order valence-electron chi connectivity index (χ2n) is 6.44. The minimum Gasteiger partial charge on any atom is -0.329 e. The Morgan fingerprint density at radius 1 is 1.25 bits per heavy atom. The molecule has 0 aromatic heterocycles. The Kier molecular flexibility index (Phi) is 6.50. The summed E-state index contributed by atoms with van der Waals surface area (Å²) in [4.78, 5) is 2.37. The summed E-state index contributed by atoms with van der Waals surface area (Å²) in [5, 5.41) is 0.829. The molecule has 0 aliphatic heterocycles. The summed E-state index contributed by atoms with van der Waals surface area (Å²) in [7, 11) is 2.15. The van der Waals surface area contributed by atoms with Crippen molar-refractivity contribution >= 4 is 11.6 Å². The fraction of sp³-hybridized carbons (Fsp3) is 0.647. The lowest BCUT2D eigenvalue weighted by molar-refractivity contribution is 0.0864. The third-order valence-electron chi connectivity index (χ3n) is 4.49. The zero-order valence-electron chi connectivity index (χ0n) is 13.5. The van der Waals surface area contributed by atoms with Crippen molar-refractivity contribution in [2.24, 2.45) is 11.7 Å². The van der Waals surface area contributed by atoms with Crippen molar-refractivity contribution in [3.8, 4) is 0 Å². The minimum atomic E-state index is 0.00283. The SMILES string of the molecule is CC(C)CCC(C)(CN)N(C)C(C)c1ccccc1Cl. The third-order valence-corrected chi connectivity index (χ3v) is 4.83. The van der Waals surface area contributed by atoms with Gasteiger partial charge in [-0.15, -0.1) is 0 Å². The molecular formula is C17H29ClN2. The quantitative estimate of drug-likeness (QED) is 0.803. The van der Waals surface area contributed by atoms with Crippen LogP contribution < -0.4 is 5.73 Å². The van der Waals surface area contributed by atoms with Gasteiger partial charge in [-0.25, -0.2) is 0 Å². The molecule has 1 aromatic rings. The molecule has 1 aromatic carbocycles. The third kappa shape index (κ3) is 4.21. The van der Waals surface area contributed by atoms with Crippen LogP contribution in [0.1, 0.15) is 52.1 Å². The first-order valence-electron chi connectivity index (χ1n) is 7.49. The Bertz CT molecular complexity index is 419. The average Bonchev–Trinajstić information content (AvgIpc) is 2.43. The van der Waals surface area contributed by atoms with Crippen LogP contribution in [-0.2, 0) is 0 Å². The maximum absolute atomic E-state index is 6.33. The van der Waals surface area contributed by atoms with E-state index in [1.54, 1.807) is 0 Å². The summed E-state index contributed by atoms with van der Waals surface area (Å²) >= 11 is 6.33. The number of likely N-dealkylation sites (N-methyl/N-ethyl adjacent to an activating group) is 1. The predicted octanol–water partition coefficient (Wildman–Crippen LogP) is 4.49. The van der Waals surface area contributed by atoms with Gasteiger partial charge in [-0.05, 0) is 51.3 Å². The van der Waals surface area contributed by atoms with Crippen molar-refractivity contribution in [1.29, 1.82) is 0 Å². The van der Waals surface area contributed by atoms with Crippen LogP contribution in [0.5, 0.6) is 0 Å².